The first-order chi connectivity index (χ1) is 10.1. The van der Waals surface area contributed by atoms with Crippen molar-refractivity contribution in [3.8, 4) is 6.07 Å². The van der Waals surface area contributed by atoms with Crippen molar-refractivity contribution in [1.29, 1.82) is 5.26 Å². The Balaban J connectivity index is 2.16. The van der Waals surface area contributed by atoms with Gasteiger partial charge in [0.25, 0.3) is 5.91 Å². The molecule has 1 unspecified atom stereocenters. The molecule has 1 aromatic carbocycles. The number of thiophene rings is 1. The molecule has 0 aliphatic rings. The summed E-state index contributed by atoms with van der Waals surface area (Å²) in [6.45, 7) is -0.0503. The van der Waals surface area contributed by atoms with E-state index >= 15 is 0 Å². The Kier molecular flexibility index (Phi) is 5.34. The van der Waals surface area contributed by atoms with E-state index in [4.69, 9.17) is 22.0 Å². The van der Waals surface area contributed by atoms with Crippen LogP contribution < -0.4 is 5.32 Å². The molecule has 2 N–H and O–H groups in total. The van der Waals surface area contributed by atoms with Crippen LogP contribution >= 0.6 is 22.9 Å². The monoisotopic (exact) mass is 320 g/mol. The lowest BCUT2D eigenvalue weighted by molar-refractivity contribution is 0.0934. The average Bonchev–Trinajstić information content (AvgIpc) is 2.96. The molecule has 0 fully saturated rings. The number of aliphatic hydroxyl groups excluding tert-OH is 1. The molecule has 6 heteroatoms. The summed E-state index contributed by atoms with van der Waals surface area (Å²) < 4.78 is 0. The molecule has 1 aromatic heterocycles. The lowest BCUT2D eigenvalue weighted by Gasteiger charge is -2.18. The maximum Gasteiger partial charge on any atom is 0.261 e. The fourth-order valence-corrected chi connectivity index (χ4v) is 2.83. The lowest BCUT2D eigenvalue weighted by Crippen LogP contribution is -2.28. The predicted molar refractivity (Wildman–Crippen MR) is 82.4 cm³/mol. The molecule has 0 saturated carbocycles. The summed E-state index contributed by atoms with van der Waals surface area (Å²) in [5, 5.41) is 21.4. The SMILES string of the molecule is N#Cc1ccc(C(=O)NC(CCO)c2cccc(Cl)c2)s1. The van der Waals surface area contributed by atoms with Crippen molar-refractivity contribution >= 4 is 28.8 Å². The third-order valence-electron chi connectivity index (χ3n) is 2.91. The summed E-state index contributed by atoms with van der Waals surface area (Å²) in [6, 6.07) is 12.1. The topological polar surface area (TPSA) is 73.1 Å². The Morgan fingerprint density at radius 2 is 2.24 bits per heavy atom. The van der Waals surface area contributed by atoms with Gasteiger partial charge in [0.2, 0.25) is 0 Å². The highest BCUT2D eigenvalue weighted by Gasteiger charge is 2.17. The summed E-state index contributed by atoms with van der Waals surface area (Å²) in [6.07, 6.45) is 0.391. The minimum absolute atomic E-state index is 0.0503. The molecule has 0 aliphatic carbocycles. The van der Waals surface area contributed by atoms with E-state index in [1.807, 2.05) is 12.1 Å². The van der Waals surface area contributed by atoms with E-state index in [0.29, 0.717) is 21.2 Å². The summed E-state index contributed by atoms with van der Waals surface area (Å²) in [5.41, 5.74) is 0.835. The average molecular weight is 321 g/mol. The second kappa shape index (κ2) is 7.23. The van der Waals surface area contributed by atoms with Gasteiger partial charge in [0.05, 0.1) is 10.9 Å². The van der Waals surface area contributed by atoms with Crippen LogP contribution in [0.1, 0.15) is 32.6 Å². The predicted octanol–water partition coefficient (Wildman–Crippen LogP) is 3.13. The quantitative estimate of drug-likeness (QED) is 0.889. The summed E-state index contributed by atoms with van der Waals surface area (Å²) in [7, 11) is 0. The van der Waals surface area contributed by atoms with Crippen LogP contribution in [0.4, 0.5) is 0 Å². The fraction of sp³-hybridized carbons (Fsp3) is 0.200. The molecule has 108 valence electrons. The van der Waals surface area contributed by atoms with E-state index in [9.17, 15) is 4.79 Å². The minimum atomic E-state index is -0.325. The molecule has 0 aliphatic heterocycles. The first kappa shape index (κ1) is 15.5. The smallest absolute Gasteiger partial charge is 0.261 e. The molecule has 0 radical (unpaired) electrons. The Hall–Kier alpha value is -1.87. The molecule has 2 rings (SSSR count). The van der Waals surface area contributed by atoms with Gasteiger partial charge in [-0.1, -0.05) is 23.7 Å². The van der Waals surface area contributed by atoms with E-state index in [1.165, 1.54) is 0 Å². The van der Waals surface area contributed by atoms with Crippen LogP contribution in [-0.2, 0) is 0 Å². The number of rotatable bonds is 5. The van der Waals surface area contributed by atoms with Crippen molar-refractivity contribution in [2.75, 3.05) is 6.61 Å². The normalized spacial score (nSPS) is 11.7. The van der Waals surface area contributed by atoms with Crippen LogP contribution in [0, 0.1) is 11.3 Å². The summed E-state index contributed by atoms with van der Waals surface area (Å²) in [4.78, 5) is 13.1. The molecule has 2 aromatic rings. The van der Waals surface area contributed by atoms with Gasteiger partial charge in [-0.3, -0.25) is 4.79 Å². The van der Waals surface area contributed by atoms with Crippen LogP contribution in [0.3, 0.4) is 0 Å². The third-order valence-corrected chi connectivity index (χ3v) is 4.14. The largest absolute Gasteiger partial charge is 0.396 e. The number of amides is 1. The molecule has 1 amide bonds. The number of carbonyl (C=O) groups is 1. The van der Waals surface area contributed by atoms with Crippen molar-refractivity contribution in [1.82, 2.24) is 5.32 Å². The number of carbonyl (C=O) groups excluding carboxylic acids is 1. The third kappa shape index (κ3) is 4.05. The van der Waals surface area contributed by atoms with E-state index in [1.54, 1.807) is 30.3 Å². The van der Waals surface area contributed by atoms with Gasteiger partial charge in [0, 0.05) is 11.6 Å². The lowest BCUT2D eigenvalue weighted by atomic mass is 10.0. The number of hydrogen-bond acceptors (Lipinski definition) is 4. The van der Waals surface area contributed by atoms with E-state index in [0.717, 1.165) is 16.9 Å². The zero-order valence-corrected chi connectivity index (χ0v) is 12.6. The van der Waals surface area contributed by atoms with Gasteiger partial charge < -0.3 is 10.4 Å². The van der Waals surface area contributed by atoms with Gasteiger partial charge in [-0.2, -0.15) is 5.26 Å². The number of nitrogens with zero attached hydrogens (tertiary/aromatic N) is 1. The maximum atomic E-state index is 12.2. The molecule has 4 nitrogen and oxygen atoms in total. The number of nitriles is 1. The van der Waals surface area contributed by atoms with Crippen LogP contribution in [-0.4, -0.2) is 17.6 Å². The van der Waals surface area contributed by atoms with Gasteiger partial charge in [0.15, 0.2) is 0 Å². The Morgan fingerprint density at radius 3 is 2.86 bits per heavy atom. The van der Waals surface area contributed by atoms with Gasteiger partial charge >= 0.3 is 0 Å². The molecule has 0 bridgehead atoms. The van der Waals surface area contributed by atoms with Crippen LogP contribution in [0.15, 0.2) is 36.4 Å². The van der Waals surface area contributed by atoms with Crippen molar-refractivity contribution in [2.45, 2.75) is 12.5 Å². The Bertz CT molecular complexity index is 678. The van der Waals surface area contributed by atoms with E-state index in [-0.39, 0.29) is 18.6 Å². The molecule has 21 heavy (non-hydrogen) atoms. The number of hydrogen-bond donors (Lipinski definition) is 2. The molecule has 0 spiro atoms. The molecule has 0 saturated heterocycles. The van der Waals surface area contributed by atoms with Crippen molar-refractivity contribution in [3.63, 3.8) is 0 Å². The molecular formula is C15H13ClN2O2S. The molecule has 1 heterocycles. The molecular weight excluding hydrogens is 308 g/mol. The second-order valence-corrected chi connectivity index (χ2v) is 5.89. The number of halogens is 1. The van der Waals surface area contributed by atoms with Crippen LogP contribution in [0.2, 0.25) is 5.02 Å². The standard InChI is InChI=1S/C15H13ClN2O2S/c16-11-3-1-2-10(8-11)13(6-7-19)18-15(20)14-5-4-12(9-17)21-14/h1-5,8,13,19H,6-7H2,(H,18,20). The minimum Gasteiger partial charge on any atom is -0.396 e. The van der Waals surface area contributed by atoms with Gasteiger partial charge in [-0.25, -0.2) is 0 Å². The Morgan fingerprint density at radius 1 is 1.43 bits per heavy atom. The van der Waals surface area contributed by atoms with Crippen LogP contribution in [0.5, 0.6) is 0 Å². The van der Waals surface area contributed by atoms with Crippen LogP contribution in [0.25, 0.3) is 0 Å². The fourth-order valence-electron chi connectivity index (χ4n) is 1.92. The number of aliphatic hydroxyl groups is 1. The van der Waals surface area contributed by atoms with Crippen molar-refractivity contribution in [3.05, 3.63) is 56.7 Å². The maximum absolute atomic E-state index is 12.2. The zero-order chi connectivity index (χ0) is 15.2. The van der Waals surface area contributed by atoms with E-state index < -0.39 is 0 Å². The van der Waals surface area contributed by atoms with E-state index in [2.05, 4.69) is 5.32 Å². The second-order valence-electron chi connectivity index (χ2n) is 4.37. The van der Waals surface area contributed by atoms with Crippen molar-refractivity contribution < 1.29 is 9.90 Å². The van der Waals surface area contributed by atoms with Crippen molar-refractivity contribution in [2.24, 2.45) is 0 Å². The summed E-state index contributed by atoms with van der Waals surface area (Å²) in [5.74, 6) is -0.264. The molecule has 1 atom stereocenters. The highest BCUT2D eigenvalue weighted by atomic mass is 35.5. The zero-order valence-electron chi connectivity index (χ0n) is 11.0. The first-order valence-electron chi connectivity index (χ1n) is 6.31. The summed E-state index contributed by atoms with van der Waals surface area (Å²) >= 11 is 7.09. The number of nitrogens with one attached hydrogen (secondary N) is 1. The van der Waals surface area contributed by atoms with Gasteiger partial charge in [0.1, 0.15) is 10.9 Å². The highest BCUT2D eigenvalue weighted by Crippen LogP contribution is 2.22. The highest BCUT2D eigenvalue weighted by molar-refractivity contribution is 7.14. The Labute approximate surface area is 131 Å². The van der Waals surface area contributed by atoms with Gasteiger partial charge in [-0.05, 0) is 36.2 Å². The first-order valence-corrected chi connectivity index (χ1v) is 7.50. The number of benzene rings is 1. The van der Waals surface area contributed by atoms with Gasteiger partial charge in [-0.15, -0.1) is 11.3 Å².